The van der Waals surface area contributed by atoms with Crippen LogP contribution < -0.4 is 10.0 Å². The van der Waals surface area contributed by atoms with Crippen molar-refractivity contribution >= 4 is 21.9 Å². The van der Waals surface area contributed by atoms with Gasteiger partial charge in [-0.2, -0.15) is 0 Å². The van der Waals surface area contributed by atoms with Gasteiger partial charge in [0, 0.05) is 25.7 Å². The molecule has 1 rings (SSSR count). The second-order valence-electron chi connectivity index (χ2n) is 4.15. The lowest BCUT2D eigenvalue weighted by atomic mass is 10.5. The number of urea groups is 1. The van der Waals surface area contributed by atoms with Crippen LogP contribution in [0.25, 0.3) is 0 Å². The summed E-state index contributed by atoms with van der Waals surface area (Å²) in [5, 5.41) is 6.09. The Morgan fingerprint density at radius 2 is 2.05 bits per heavy atom. The van der Waals surface area contributed by atoms with E-state index in [2.05, 4.69) is 15.2 Å². The third-order valence-electron chi connectivity index (χ3n) is 2.59. The minimum absolute atomic E-state index is 0.0293. The van der Waals surface area contributed by atoms with Gasteiger partial charge >= 0.3 is 6.03 Å². The van der Waals surface area contributed by atoms with E-state index < -0.39 is 10.0 Å². The number of amides is 2. The highest BCUT2D eigenvalue weighted by Gasteiger charge is 2.14. The van der Waals surface area contributed by atoms with Crippen molar-refractivity contribution in [2.45, 2.75) is 20.8 Å². The number of nitrogens with one attached hydrogen (secondary N) is 2. The van der Waals surface area contributed by atoms with Crippen LogP contribution in [0, 0.1) is 6.92 Å². The average Bonchev–Trinajstić information content (AvgIpc) is 2.75. The van der Waals surface area contributed by atoms with Crippen molar-refractivity contribution in [1.29, 1.82) is 0 Å². The Kier molecular flexibility index (Phi) is 5.81. The maximum Gasteiger partial charge on any atom is 0.317 e. The van der Waals surface area contributed by atoms with Gasteiger partial charge in [-0.15, -0.1) is 0 Å². The van der Waals surface area contributed by atoms with Gasteiger partial charge in [-0.05, 0) is 20.8 Å². The van der Waals surface area contributed by atoms with E-state index in [0.717, 1.165) is 0 Å². The Labute approximate surface area is 118 Å². The molecule has 20 heavy (non-hydrogen) atoms. The van der Waals surface area contributed by atoms with Gasteiger partial charge in [-0.25, -0.2) is 13.2 Å². The first-order valence-electron chi connectivity index (χ1n) is 6.34. The molecule has 0 radical (unpaired) electrons. The predicted octanol–water partition coefficient (Wildman–Crippen LogP) is 0.776. The smallest absolute Gasteiger partial charge is 0.317 e. The number of aryl methyl sites for hydroxylation is 1. The molecule has 0 spiro atoms. The molecule has 2 N–H and O–H groups in total. The number of nitrogens with zero attached hydrogens (tertiary/aromatic N) is 2. The van der Waals surface area contributed by atoms with Crippen LogP contribution in [0.5, 0.6) is 0 Å². The Morgan fingerprint density at radius 1 is 1.40 bits per heavy atom. The lowest BCUT2D eigenvalue weighted by Crippen LogP contribution is -2.41. The summed E-state index contributed by atoms with van der Waals surface area (Å²) in [4.78, 5) is 13.2. The summed E-state index contributed by atoms with van der Waals surface area (Å²) >= 11 is 0. The highest BCUT2D eigenvalue weighted by atomic mass is 32.2. The zero-order chi connectivity index (χ0) is 15.2. The molecule has 0 unspecified atom stereocenters. The normalized spacial score (nSPS) is 11.2. The van der Waals surface area contributed by atoms with Gasteiger partial charge in [-0.3, -0.25) is 4.72 Å². The zero-order valence-electron chi connectivity index (χ0n) is 11.8. The van der Waals surface area contributed by atoms with Crippen LogP contribution in [-0.4, -0.2) is 49.9 Å². The van der Waals surface area contributed by atoms with E-state index in [1.54, 1.807) is 11.8 Å². The van der Waals surface area contributed by atoms with E-state index >= 15 is 0 Å². The fraction of sp³-hybridized carbons (Fsp3) is 0.636. The van der Waals surface area contributed by atoms with Crippen LogP contribution in [0.3, 0.4) is 0 Å². The number of carbonyl (C=O) groups excluding carboxylic acids is 1. The first-order chi connectivity index (χ1) is 9.38. The van der Waals surface area contributed by atoms with E-state index in [1.165, 1.54) is 6.07 Å². The van der Waals surface area contributed by atoms with Crippen molar-refractivity contribution in [3.63, 3.8) is 0 Å². The van der Waals surface area contributed by atoms with Crippen LogP contribution in [0.4, 0.5) is 10.6 Å². The summed E-state index contributed by atoms with van der Waals surface area (Å²) < 4.78 is 30.5. The van der Waals surface area contributed by atoms with Crippen LogP contribution >= 0.6 is 0 Å². The molecule has 1 heterocycles. The third-order valence-corrected chi connectivity index (χ3v) is 3.85. The molecule has 0 saturated heterocycles. The van der Waals surface area contributed by atoms with Gasteiger partial charge in [0.15, 0.2) is 5.82 Å². The second kappa shape index (κ2) is 7.13. The molecule has 0 fully saturated rings. The molecular weight excluding hydrogens is 284 g/mol. The summed E-state index contributed by atoms with van der Waals surface area (Å²) in [7, 11) is -3.56. The third kappa shape index (κ3) is 5.08. The quantitative estimate of drug-likeness (QED) is 0.774. The minimum atomic E-state index is -3.56. The van der Waals surface area contributed by atoms with Crippen LogP contribution in [0.2, 0.25) is 0 Å². The molecule has 1 aromatic rings. The minimum Gasteiger partial charge on any atom is -0.360 e. The SMILES string of the molecule is CCN(CC)C(=O)NCCS(=O)(=O)Nc1cc(C)on1. The average molecular weight is 304 g/mol. The molecule has 0 aliphatic heterocycles. The van der Waals surface area contributed by atoms with Gasteiger partial charge in [0.05, 0.1) is 5.75 Å². The summed E-state index contributed by atoms with van der Waals surface area (Å²) in [5.41, 5.74) is 0. The molecule has 0 atom stereocenters. The molecule has 0 bridgehead atoms. The molecule has 1 aromatic heterocycles. The lowest BCUT2D eigenvalue weighted by Gasteiger charge is -2.19. The monoisotopic (exact) mass is 304 g/mol. The van der Waals surface area contributed by atoms with Crippen molar-refractivity contribution in [2.75, 3.05) is 30.1 Å². The van der Waals surface area contributed by atoms with E-state index in [9.17, 15) is 13.2 Å². The standard InChI is InChI=1S/C11H20N4O4S/c1-4-15(5-2)11(16)12-6-7-20(17,18)14-10-8-9(3)19-13-10/h8H,4-7H2,1-3H3,(H,12,16)(H,13,14). The van der Waals surface area contributed by atoms with Crippen LogP contribution in [-0.2, 0) is 10.0 Å². The van der Waals surface area contributed by atoms with Gasteiger partial charge in [0.2, 0.25) is 10.0 Å². The van der Waals surface area contributed by atoms with E-state index in [1.807, 2.05) is 13.8 Å². The molecule has 8 nitrogen and oxygen atoms in total. The fourth-order valence-electron chi connectivity index (χ4n) is 1.54. The highest BCUT2D eigenvalue weighted by molar-refractivity contribution is 7.92. The van der Waals surface area contributed by atoms with E-state index in [0.29, 0.717) is 18.8 Å². The number of hydrogen-bond acceptors (Lipinski definition) is 5. The number of rotatable bonds is 7. The second-order valence-corrected chi connectivity index (χ2v) is 5.99. The van der Waals surface area contributed by atoms with Crippen molar-refractivity contribution < 1.29 is 17.7 Å². The summed E-state index contributed by atoms with van der Waals surface area (Å²) in [6.45, 7) is 6.55. The van der Waals surface area contributed by atoms with Crippen molar-refractivity contribution in [3.05, 3.63) is 11.8 Å². The Balaban J connectivity index is 2.42. The summed E-state index contributed by atoms with van der Waals surface area (Å²) in [5.74, 6) is 0.418. The topological polar surface area (TPSA) is 105 Å². The maximum atomic E-state index is 11.7. The number of hydrogen-bond donors (Lipinski definition) is 2. The first-order valence-corrected chi connectivity index (χ1v) is 7.99. The van der Waals surface area contributed by atoms with Crippen LogP contribution in [0.1, 0.15) is 19.6 Å². The molecule has 0 aromatic carbocycles. The molecule has 2 amide bonds. The maximum absolute atomic E-state index is 11.7. The zero-order valence-corrected chi connectivity index (χ0v) is 12.7. The summed E-state index contributed by atoms with van der Waals surface area (Å²) in [6, 6.07) is 1.20. The Morgan fingerprint density at radius 3 is 2.55 bits per heavy atom. The number of carbonyl (C=O) groups is 1. The first kappa shape index (κ1) is 16.3. The van der Waals surface area contributed by atoms with Crippen LogP contribution in [0.15, 0.2) is 10.6 Å². The van der Waals surface area contributed by atoms with Gasteiger partial charge in [0.1, 0.15) is 5.76 Å². The molecular formula is C11H20N4O4S. The molecule has 114 valence electrons. The van der Waals surface area contributed by atoms with E-state index in [4.69, 9.17) is 4.52 Å². The molecule has 0 aliphatic carbocycles. The lowest BCUT2D eigenvalue weighted by molar-refractivity contribution is 0.204. The molecule has 0 aliphatic rings. The molecule has 9 heteroatoms. The predicted molar refractivity (Wildman–Crippen MR) is 75.0 cm³/mol. The largest absolute Gasteiger partial charge is 0.360 e. The van der Waals surface area contributed by atoms with Gasteiger partial charge in [-0.1, -0.05) is 5.16 Å². The number of anilines is 1. The Hall–Kier alpha value is -1.77. The highest BCUT2D eigenvalue weighted by Crippen LogP contribution is 2.08. The Bertz CT molecular complexity index is 536. The van der Waals surface area contributed by atoms with Gasteiger partial charge < -0.3 is 14.7 Å². The van der Waals surface area contributed by atoms with Crippen molar-refractivity contribution in [3.8, 4) is 0 Å². The number of sulfonamides is 1. The fourth-order valence-corrected chi connectivity index (χ4v) is 2.43. The molecule has 0 saturated carbocycles. The van der Waals surface area contributed by atoms with Crippen molar-refractivity contribution in [1.82, 2.24) is 15.4 Å². The van der Waals surface area contributed by atoms with E-state index in [-0.39, 0.29) is 24.1 Å². The van der Waals surface area contributed by atoms with Gasteiger partial charge in [0.25, 0.3) is 0 Å². The summed E-state index contributed by atoms with van der Waals surface area (Å²) in [6.07, 6.45) is 0. The van der Waals surface area contributed by atoms with Crippen molar-refractivity contribution in [2.24, 2.45) is 0 Å². The number of aromatic nitrogens is 1.